The predicted octanol–water partition coefficient (Wildman–Crippen LogP) is 1.82. The van der Waals surface area contributed by atoms with Gasteiger partial charge in [0.05, 0.1) is 0 Å². The first-order chi connectivity index (χ1) is 8.11. The van der Waals surface area contributed by atoms with Gasteiger partial charge >= 0.3 is 0 Å². The molecule has 2 heterocycles. The van der Waals surface area contributed by atoms with E-state index in [2.05, 4.69) is 34.5 Å². The molecular formula is C12H18IN3O. The summed E-state index contributed by atoms with van der Waals surface area (Å²) in [5.74, 6) is 0.742. The number of likely N-dealkylation sites (tertiary alicyclic amines) is 1. The van der Waals surface area contributed by atoms with E-state index in [9.17, 15) is 4.79 Å². The highest BCUT2D eigenvalue weighted by atomic mass is 127. The van der Waals surface area contributed by atoms with Crippen LogP contribution in [0.2, 0.25) is 0 Å². The van der Waals surface area contributed by atoms with Crippen LogP contribution in [0.15, 0.2) is 12.3 Å². The summed E-state index contributed by atoms with van der Waals surface area (Å²) in [7, 11) is 0. The van der Waals surface area contributed by atoms with Crippen LogP contribution in [0.4, 0.5) is 0 Å². The van der Waals surface area contributed by atoms with Crippen LogP contribution in [-0.4, -0.2) is 34.9 Å². The number of nitrogens with one attached hydrogen (secondary N) is 1. The number of nitrogens with two attached hydrogens (primary N) is 1. The van der Waals surface area contributed by atoms with Crippen molar-refractivity contribution >= 4 is 28.5 Å². The van der Waals surface area contributed by atoms with Gasteiger partial charge in [0.2, 0.25) is 0 Å². The van der Waals surface area contributed by atoms with Crippen LogP contribution in [0.25, 0.3) is 0 Å². The van der Waals surface area contributed by atoms with E-state index in [1.807, 2.05) is 17.2 Å². The minimum absolute atomic E-state index is 0.0790. The molecule has 0 aromatic carbocycles. The fourth-order valence-electron chi connectivity index (χ4n) is 2.39. The van der Waals surface area contributed by atoms with Gasteiger partial charge in [-0.1, -0.05) is 6.92 Å². The SMILES string of the molecule is CC1CCN(C(=O)c2cc(I)c[nH]2)C(CN)C1. The molecule has 0 bridgehead atoms. The smallest absolute Gasteiger partial charge is 0.270 e. The zero-order chi connectivity index (χ0) is 12.4. The first-order valence-electron chi connectivity index (χ1n) is 5.96. The zero-order valence-corrected chi connectivity index (χ0v) is 12.1. The summed E-state index contributed by atoms with van der Waals surface area (Å²) in [5.41, 5.74) is 6.44. The quantitative estimate of drug-likeness (QED) is 0.802. The van der Waals surface area contributed by atoms with Crippen molar-refractivity contribution in [2.45, 2.75) is 25.8 Å². The van der Waals surface area contributed by atoms with E-state index in [4.69, 9.17) is 5.73 Å². The molecule has 1 aromatic heterocycles. The summed E-state index contributed by atoms with van der Waals surface area (Å²) in [6, 6.07) is 2.07. The molecule has 1 amide bonds. The van der Waals surface area contributed by atoms with E-state index in [0.29, 0.717) is 18.2 Å². The maximum absolute atomic E-state index is 12.3. The third kappa shape index (κ3) is 2.82. The van der Waals surface area contributed by atoms with Crippen molar-refractivity contribution in [1.29, 1.82) is 0 Å². The van der Waals surface area contributed by atoms with Crippen molar-refractivity contribution in [3.05, 3.63) is 21.5 Å². The summed E-state index contributed by atoms with van der Waals surface area (Å²) in [6.45, 7) is 3.59. The van der Waals surface area contributed by atoms with E-state index in [0.717, 1.165) is 23.0 Å². The van der Waals surface area contributed by atoms with Gasteiger partial charge in [-0.05, 0) is 47.4 Å². The highest BCUT2D eigenvalue weighted by molar-refractivity contribution is 14.1. The first kappa shape index (κ1) is 12.9. The first-order valence-corrected chi connectivity index (χ1v) is 7.04. The molecule has 94 valence electrons. The van der Waals surface area contributed by atoms with Gasteiger partial charge in [-0.2, -0.15) is 0 Å². The molecule has 2 rings (SSSR count). The largest absolute Gasteiger partial charge is 0.356 e. The number of carbonyl (C=O) groups is 1. The number of piperidine rings is 1. The highest BCUT2D eigenvalue weighted by Crippen LogP contribution is 2.23. The lowest BCUT2D eigenvalue weighted by molar-refractivity contribution is 0.0568. The third-order valence-electron chi connectivity index (χ3n) is 3.39. The van der Waals surface area contributed by atoms with Crippen LogP contribution in [0.3, 0.4) is 0 Å². The minimum Gasteiger partial charge on any atom is -0.356 e. The molecule has 4 nitrogen and oxygen atoms in total. The minimum atomic E-state index is 0.0790. The number of nitrogens with zero attached hydrogens (tertiary/aromatic N) is 1. The van der Waals surface area contributed by atoms with Gasteiger partial charge in [0.1, 0.15) is 5.69 Å². The standard InChI is InChI=1S/C12H18IN3O/c1-8-2-3-16(10(4-8)6-14)12(17)11-5-9(13)7-15-11/h5,7-8,10,15H,2-4,6,14H2,1H3. The number of aromatic nitrogens is 1. The Morgan fingerprint density at radius 2 is 2.47 bits per heavy atom. The van der Waals surface area contributed by atoms with Crippen LogP contribution in [0, 0.1) is 9.49 Å². The molecule has 1 aromatic rings. The van der Waals surface area contributed by atoms with Gasteiger partial charge in [0.25, 0.3) is 5.91 Å². The second-order valence-corrected chi connectivity index (χ2v) is 5.99. The summed E-state index contributed by atoms with van der Waals surface area (Å²) in [5, 5.41) is 0. The molecule has 0 spiro atoms. The second-order valence-electron chi connectivity index (χ2n) is 4.75. The van der Waals surface area contributed by atoms with Gasteiger partial charge in [0.15, 0.2) is 0 Å². The van der Waals surface area contributed by atoms with Crippen LogP contribution in [0.5, 0.6) is 0 Å². The van der Waals surface area contributed by atoms with Crippen molar-refractivity contribution in [2.75, 3.05) is 13.1 Å². The van der Waals surface area contributed by atoms with Crippen LogP contribution in [0.1, 0.15) is 30.3 Å². The Morgan fingerprint density at radius 1 is 1.71 bits per heavy atom. The van der Waals surface area contributed by atoms with E-state index in [1.165, 1.54) is 0 Å². The van der Waals surface area contributed by atoms with Crippen molar-refractivity contribution in [3.8, 4) is 0 Å². The summed E-state index contributed by atoms with van der Waals surface area (Å²) in [4.78, 5) is 17.3. The fraction of sp³-hybridized carbons (Fsp3) is 0.583. The average molecular weight is 347 g/mol. The Morgan fingerprint density at radius 3 is 3.06 bits per heavy atom. The molecule has 2 atom stereocenters. The molecule has 1 aliphatic rings. The number of halogens is 1. The lowest BCUT2D eigenvalue weighted by Gasteiger charge is -2.37. The fourth-order valence-corrected chi connectivity index (χ4v) is 2.86. The summed E-state index contributed by atoms with van der Waals surface area (Å²) >= 11 is 2.20. The number of aromatic amines is 1. The molecule has 1 saturated heterocycles. The monoisotopic (exact) mass is 347 g/mol. The number of hydrogen-bond acceptors (Lipinski definition) is 2. The van der Waals surface area contributed by atoms with Crippen LogP contribution >= 0.6 is 22.6 Å². The third-order valence-corrected chi connectivity index (χ3v) is 4.01. The molecule has 5 heteroatoms. The van der Waals surface area contributed by atoms with E-state index in [-0.39, 0.29) is 11.9 Å². The van der Waals surface area contributed by atoms with Gasteiger partial charge in [-0.25, -0.2) is 0 Å². The molecular weight excluding hydrogens is 329 g/mol. The summed E-state index contributed by atoms with van der Waals surface area (Å²) in [6.07, 6.45) is 3.93. The molecule has 17 heavy (non-hydrogen) atoms. The Bertz CT molecular complexity index is 404. The number of amides is 1. The Labute approximate surface area is 115 Å². The van der Waals surface area contributed by atoms with Crippen LogP contribution in [-0.2, 0) is 0 Å². The van der Waals surface area contributed by atoms with Crippen molar-refractivity contribution < 1.29 is 4.79 Å². The predicted molar refractivity (Wildman–Crippen MR) is 75.8 cm³/mol. The maximum Gasteiger partial charge on any atom is 0.270 e. The van der Waals surface area contributed by atoms with E-state index >= 15 is 0 Å². The molecule has 0 saturated carbocycles. The normalized spacial score (nSPS) is 25.0. The Kier molecular flexibility index (Phi) is 4.09. The number of rotatable bonds is 2. The van der Waals surface area contributed by atoms with Gasteiger partial charge < -0.3 is 15.6 Å². The van der Waals surface area contributed by atoms with Crippen molar-refractivity contribution in [1.82, 2.24) is 9.88 Å². The van der Waals surface area contributed by atoms with Crippen molar-refractivity contribution in [2.24, 2.45) is 11.7 Å². The molecule has 2 unspecified atom stereocenters. The lowest BCUT2D eigenvalue weighted by Crippen LogP contribution is -2.49. The Hall–Kier alpha value is -0.560. The Balaban J connectivity index is 2.13. The zero-order valence-electron chi connectivity index (χ0n) is 9.95. The lowest BCUT2D eigenvalue weighted by atomic mass is 9.92. The van der Waals surface area contributed by atoms with Gasteiger partial charge in [0, 0.05) is 28.9 Å². The van der Waals surface area contributed by atoms with Crippen molar-refractivity contribution in [3.63, 3.8) is 0 Å². The molecule has 3 N–H and O–H groups in total. The molecule has 0 aliphatic carbocycles. The average Bonchev–Trinajstić information content (AvgIpc) is 2.75. The van der Waals surface area contributed by atoms with Gasteiger partial charge in [-0.3, -0.25) is 4.79 Å². The topological polar surface area (TPSA) is 62.1 Å². The van der Waals surface area contributed by atoms with E-state index < -0.39 is 0 Å². The number of H-pyrrole nitrogens is 1. The van der Waals surface area contributed by atoms with Gasteiger partial charge in [-0.15, -0.1) is 0 Å². The highest BCUT2D eigenvalue weighted by Gasteiger charge is 2.29. The van der Waals surface area contributed by atoms with E-state index in [1.54, 1.807) is 0 Å². The second kappa shape index (κ2) is 5.39. The number of hydrogen-bond donors (Lipinski definition) is 2. The summed E-state index contributed by atoms with van der Waals surface area (Å²) < 4.78 is 1.06. The molecule has 1 aliphatic heterocycles. The number of carbonyl (C=O) groups excluding carboxylic acids is 1. The maximum atomic E-state index is 12.3. The molecule has 0 radical (unpaired) electrons. The molecule has 1 fully saturated rings. The van der Waals surface area contributed by atoms with Crippen LogP contribution < -0.4 is 5.73 Å².